The van der Waals surface area contributed by atoms with E-state index in [1.807, 2.05) is 37.3 Å². The third-order valence-electron chi connectivity index (χ3n) is 4.70. The van der Waals surface area contributed by atoms with Crippen LogP contribution in [0.25, 0.3) is 0 Å². The van der Waals surface area contributed by atoms with Crippen LogP contribution in [0.4, 0.5) is 5.69 Å². The van der Waals surface area contributed by atoms with E-state index in [2.05, 4.69) is 12.2 Å². The predicted molar refractivity (Wildman–Crippen MR) is 122 cm³/mol. The van der Waals surface area contributed by atoms with Crippen LogP contribution in [0.3, 0.4) is 0 Å². The molecule has 1 N–H and O–H groups in total. The van der Waals surface area contributed by atoms with Crippen molar-refractivity contribution in [1.82, 2.24) is 5.32 Å². The molecule has 7 heteroatoms. The molecule has 2 aromatic rings. The van der Waals surface area contributed by atoms with Crippen molar-refractivity contribution in [2.24, 2.45) is 0 Å². The quantitative estimate of drug-likeness (QED) is 0.550. The molecule has 2 rings (SSSR count). The molecule has 0 fully saturated rings. The van der Waals surface area contributed by atoms with Gasteiger partial charge in [0.05, 0.1) is 18.6 Å². The number of amides is 1. The summed E-state index contributed by atoms with van der Waals surface area (Å²) in [5, 5.41) is 2.87. The number of nitrogens with one attached hydrogen (secondary N) is 1. The van der Waals surface area contributed by atoms with E-state index in [1.54, 1.807) is 25.1 Å². The first-order chi connectivity index (χ1) is 14.2. The van der Waals surface area contributed by atoms with Gasteiger partial charge in [-0.3, -0.25) is 9.10 Å². The van der Waals surface area contributed by atoms with Crippen LogP contribution < -0.4 is 14.4 Å². The molecule has 1 atom stereocenters. The van der Waals surface area contributed by atoms with Crippen molar-refractivity contribution < 1.29 is 17.9 Å². The molecular formula is C23H32N2O4S. The summed E-state index contributed by atoms with van der Waals surface area (Å²) in [4.78, 5) is 12.7. The largest absolute Gasteiger partial charge is 0.493 e. The maximum absolute atomic E-state index is 12.7. The van der Waals surface area contributed by atoms with Gasteiger partial charge in [0, 0.05) is 6.54 Å². The first-order valence-electron chi connectivity index (χ1n) is 10.3. The van der Waals surface area contributed by atoms with Gasteiger partial charge in [0.1, 0.15) is 11.8 Å². The van der Waals surface area contributed by atoms with E-state index in [9.17, 15) is 13.2 Å². The number of sulfonamides is 1. The van der Waals surface area contributed by atoms with Crippen molar-refractivity contribution >= 4 is 21.6 Å². The monoisotopic (exact) mass is 432 g/mol. The summed E-state index contributed by atoms with van der Waals surface area (Å²) in [6.07, 6.45) is 3.56. The number of hydrogen-bond donors (Lipinski definition) is 1. The molecule has 0 saturated carbocycles. The normalized spacial score (nSPS) is 12.3. The molecule has 0 aliphatic rings. The summed E-state index contributed by atoms with van der Waals surface area (Å²) < 4.78 is 31.7. The molecular weight excluding hydrogens is 400 g/mol. The lowest BCUT2D eigenvalue weighted by atomic mass is 10.1. The number of para-hydroxylation sites is 1. The van der Waals surface area contributed by atoms with Crippen LogP contribution >= 0.6 is 0 Å². The average molecular weight is 433 g/mol. The van der Waals surface area contributed by atoms with Gasteiger partial charge in [-0.2, -0.15) is 0 Å². The van der Waals surface area contributed by atoms with E-state index < -0.39 is 16.1 Å². The minimum absolute atomic E-state index is 0.322. The Kier molecular flexibility index (Phi) is 8.72. The zero-order valence-corrected chi connectivity index (χ0v) is 19.0. The van der Waals surface area contributed by atoms with E-state index >= 15 is 0 Å². The summed E-state index contributed by atoms with van der Waals surface area (Å²) in [5.41, 5.74) is 2.52. The lowest BCUT2D eigenvalue weighted by molar-refractivity contribution is -0.121. The minimum atomic E-state index is -3.61. The Labute approximate surface area is 180 Å². The molecule has 0 unspecified atom stereocenters. The van der Waals surface area contributed by atoms with Gasteiger partial charge in [0.25, 0.3) is 0 Å². The molecule has 0 bridgehead atoms. The van der Waals surface area contributed by atoms with Crippen molar-refractivity contribution in [1.29, 1.82) is 0 Å². The summed E-state index contributed by atoms with van der Waals surface area (Å²) in [6.45, 7) is 6.68. The zero-order chi connectivity index (χ0) is 22.1. The Balaban J connectivity index is 1.97. The minimum Gasteiger partial charge on any atom is -0.493 e. The van der Waals surface area contributed by atoms with Crippen LogP contribution in [0.5, 0.6) is 5.75 Å². The molecule has 0 aliphatic carbocycles. The topological polar surface area (TPSA) is 75.7 Å². The lowest BCUT2D eigenvalue weighted by Crippen LogP contribution is -2.48. The Morgan fingerprint density at radius 2 is 1.90 bits per heavy atom. The number of rotatable bonds is 11. The molecule has 0 radical (unpaired) electrons. The first kappa shape index (κ1) is 23.7. The molecule has 0 aromatic heterocycles. The zero-order valence-electron chi connectivity index (χ0n) is 18.2. The lowest BCUT2D eigenvalue weighted by Gasteiger charge is -2.28. The standard InChI is InChI=1S/C23H32N2O4S/c1-5-16-29-22-14-7-6-11-20(22)12-9-15-24-23(26)19(3)25(30(4,27)28)21-13-8-10-18(2)17-21/h6-8,10-11,13-14,17,19H,5,9,12,15-16H2,1-4H3,(H,24,26)/t19-/m1/s1. The number of ether oxygens (including phenoxy) is 1. The van der Waals surface area contributed by atoms with Crippen LogP contribution in [0.1, 0.15) is 37.8 Å². The summed E-state index contributed by atoms with van der Waals surface area (Å²) in [6, 6.07) is 14.2. The highest BCUT2D eigenvalue weighted by Crippen LogP contribution is 2.22. The van der Waals surface area contributed by atoms with E-state index in [0.29, 0.717) is 18.8 Å². The molecule has 0 spiro atoms. The predicted octanol–water partition coefficient (Wildman–Crippen LogP) is 3.69. The fourth-order valence-corrected chi connectivity index (χ4v) is 4.44. The van der Waals surface area contributed by atoms with E-state index in [4.69, 9.17) is 4.74 Å². The van der Waals surface area contributed by atoms with Gasteiger partial charge in [0.15, 0.2) is 0 Å². The van der Waals surface area contributed by atoms with Gasteiger partial charge >= 0.3 is 0 Å². The number of aryl methyl sites for hydroxylation is 2. The van der Waals surface area contributed by atoms with Crippen LogP contribution in [0.15, 0.2) is 48.5 Å². The molecule has 0 saturated heterocycles. The first-order valence-corrected chi connectivity index (χ1v) is 12.1. The van der Waals surface area contributed by atoms with Crippen molar-refractivity contribution in [3.05, 3.63) is 59.7 Å². The summed E-state index contributed by atoms with van der Waals surface area (Å²) >= 11 is 0. The Hall–Kier alpha value is -2.54. The van der Waals surface area contributed by atoms with Gasteiger partial charge in [-0.1, -0.05) is 37.3 Å². The number of anilines is 1. The van der Waals surface area contributed by atoms with Crippen LogP contribution in [0.2, 0.25) is 0 Å². The maximum atomic E-state index is 12.7. The van der Waals surface area contributed by atoms with Crippen LogP contribution in [-0.2, 0) is 21.2 Å². The highest BCUT2D eigenvalue weighted by atomic mass is 32.2. The Bertz CT molecular complexity index is 944. The molecule has 30 heavy (non-hydrogen) atoms. The molecule has 0 aliphatic heterocycles. The number of nitrogens with zero attached hydrogens (tertiary/aromatic N) is 1. The van der Waals surface area contributed by atoms with Crippen LogP contribution in [0, 0.1) is 6.92 Å². The molecule has 6 nitrogen and oxygen atoms in total. The van der Waals surface area contributed by atoms with Gasteiger partial charge in [-0.05, 0) is 62.4 Å². The van der Waals surface area contributed by atoms with E-state index in [0.717, 1.165) is 42.4 Å². The third kappa shape index (κ3) is 6.76. The van der Waals surface area contributed by atoms with Gasteiger partial charge in [0.2, 0.25) is 15.9 Å². The molecule has 0 heterocycles. The fraction of sp³-hybridized carbons (Fsp3) is 0.435. The number of hydrogen-bond acceptors (Lipinski definition) is 4. The molecule has 1 amide bonds. The van der Waals surface area contributed by atoms with Crippen molar-refractivity contribution in [3.63, 3.8) is 0 Å². The third-order valence-corrected chi connectivity index (χ3v) is 5.94. The Morgan fingerprint density at radius 3 is 2.57 bits per heavy atom. The second kappa shape index (κ2) is 11.0. The fourth-order valence-electron chi connectivity index (χ4n) is 3.28. The number of carbonyl (C=O) groups excluding carboxylic acids is 1. The van der Waals surface area contributed by atoms with Crippen molar-refractivity contribution in [2.75, 3.05) is 23.7 Å². The second-order valence-electron chi connectivity index (χ2n) is 7.42. The Morgan fingerprint density at radius 1 is 1.17 bits per heavy atom. The van der Waals surface area contributed by atoms with E-state index in [-0.39, 0.29) is 5.91 Å². The van der Waals surface area contributed by atoms with Crippen molar-refractivity contribution in [3.8, 4) is 5.75 Å². The van der Waals surface area contributed by atoms with Crippen LogP contribution in [-0.4, -0.2) is 39.8 Å². The second-order valence-corrected chi connectivity index (χ2v) is 9.28. The number of carbonyl (C=O) groups is 1. The SMILES string of the molecule is CCCOc1ccccc1CCCNC(=O)[C@@H](C)N(c1cccc(C)c1)S(C)(=O)=O. The summed E-state index contributed by atoms with van der Waals surface area (Å²) in [7, 11) is -3.61. The average Bonchev–Trinajstić information content (AvgIpc) is 2.69. The highest BCUT2D eigenvalue weighted by Gasteiger charge is 2.28. The number of benzene rings is 2. The van der Waals surface area contributed by atoms with Gasteiger partial charge < -0.3 is 10.1 Å². The highest BCUT2D eigenvalue weighted by molar-refractivity contribution is 7.92. The maximum Gasteiger partial charge on any atom is 0.243 e. The van der Waals surface area contributed by atoms with Gasteiger partial charge in [-0.15, -0.1) is 0 Å². The smallest absolute Gasteiger partial charge is 0.243 e. The molecule has 2 aromatic carbocycles. The van der Waals surface area contributed by atoms with Gasteiger partial charge in [-0.25, -0.2) is 8.42 Å². The van der Waals surface area contributed by atoms with Crippen molar-refractivity contribution in [2.45, 2.75) is 46.1 Å². The molecule has 164 valence electrons. The summed E-state index contributed by atoms with van der Waals surface area (Å²) in [5.74, 6) is 0.555. The van der Waals surface area contributed by atoms with E-state index in [1.165, 1.54) is 4.31 Å².